The van der Waals surface area contributed by atoms with Crippen LogP contribution in [-0.4, -0.2) is 23.2 Å². The molecule has 2 rings (SSSR count). The van der Waals surface area contributed by atoms with Gasteiger partial charge in [0.05, 0.1) is 0 Å². The minimum Gasteiger partial charge on any atom is -0.380 e. The van der Waals surface area contributed by atoms with Gasteiger partial charge in [0.1, 0.15) is 5.60 Å². The normalized spacial score (nSPS) is 26.1. The second-order valence-corrected chi connectivity index (χ2v) is 4.04. The van der Waals surface area contributed by atoms with Crippen molar-refractivity contribution in [1.29, 1.82) is 0 Å². The summed E-state index contributed by atoms with van der Waals surface area (Å²) in [6, 6.07) is 0. The zero-order valence-corrected chi connectivity index (χ0v) is 7.18. The lowest BCUT2D eigenvalue weighted by Gasteiger charge is -2.34. The maximum absolute atomic E-state index is 11.3. The molecule has 0 spiro atoms. The van der Waals surface area contributed by atoms with E-state index in [4.69, 9.17) is 0 Å². The van der Waals surface area contributed by atoms with Gasteiger partial charge in [-0.05, 0) is 38.0 Å². The Kier molecular flexibility index (Phi) is 1.83. The van der Waals surface area contributed by atoms with Gasteiger partial charge >= 0.3 is 0 Å². The van der Waals surface area contributed by atoms with Gasteiger partial charge in [0, 0.05) is 6.54 Å². The molecule has 0 saturated heterocycles. The smallest absolute Gasteiger partial charge is 0.251 e. The average molecular weight is 169 g/mol. The van der Waals surface area contributed by atoms with Crippen LogP contribution in [0.15, 0.2) is 0 Å². The molecule has 3 heteroatoms. The fraction of sp³-hybridized carbons (Fsp3) is 0.889. The molecule has 3 nitrogen and oxygen atoms in total. The van der Waals surface area contributed by atoms with E-state index in [0.717, 1.165) is 13.0 Å². The molecule has 0 atom stereocenters. The molecule has 1 amide bonds. The molecule has 2 N–H and O–H groups in total. The van der Waals surface area contributed by atoms with Crippen LogP contribution < -0.4 is 5.32 Å². The van der Waals surface area contributed by atoms with E-state index in [0.29, 0.717) is 18.8 Å². The van der Waals surface area contributed by atoms with E-state index >= 15 is 0 Å². The lowest BCUT2D eigenvalue weighted by Crippen LogP contribution is -2.51. The zero-order chi connectivity index (χ0) is 8.60. The number of amides is 1. The predicted molar refractivity (Wildman–Crippen MR) is 44.5 cm³/mol. The summed E-state index contributed by atoms with van der Waals surface area (Å²) in [5.41, 5.74) is -1.01. The highest BCUT2D eigenvalue weighted by molar-refractivity contribution is 5.85. The van der Waals surface area contributed by atoms with Crippen LogP contribution in [0.1, 0.15) is 32.1 Å². The Morgan fingerprint density at radius 3 is 2.58 bits per heavy atom. The van der Waals surface area contributed by atoms with Crippen molar-refractivity contribution in [3.8, 4) is 0 Å². The highest BCUT2D eigenvalue weighted by Gasteiger charge is 2.42. The third-order valence-corrected chi connectivity index (χ3v) is 2.85. The van der Waals surface area contributed by atoms with Crippen LogP contribution in [0.3, 0.4) is 0 Å². The van der Waals surface area contributed by atoms with Crippen molar-refractivity contribution in [3.63, 3.8) is 0 Å². The first-order chi connectivity index (χ1) is 5.71. The third-order valence-electron chi connectivity index (χ3n) is 2.85. The summed E-state index contributed by atoms with van der Waals surface area (Å²) >= 11 is 0. The van der Waals surface area contributed by atoms with E-state index in [1.165, 1.54) is 12.8 Å². The molecule has 0 aromatic heterocycles. The lowest BCUT2D eigenvalue weighted by atomic mass is 9.79. The second kappa shape index (κ2) is 2.73. The van der Waals surface area contributed by atoms with Gasteiger partial charge in [-0.15, -0.1) is 0 Å². The van der Waals surface area contributed by atoms with Gasteiger partial charge < -0.3 is 10.4 Å². The van der Waals surface area contributed by atoms with Gasteiger partial charge in [0.15, 0.2) is 0 Å². The zero-order valence-electron chi connectivity index (χ0n) is 7.18. The first-order valence-corrected chi connectivity index (χ1v) is 4.71. The van der Waals surface area contributed by atoms with Crippen LogP contribution in [0.25, 0.3) is 0 Å². The lowest BCUT2D eigenvalue weighted by molar-refractivity contribution is -0.148. The molecule has 2 aliphatic carbocycles. The van der Waals surface area contributed by atoms with E-state index in [1.54, 1.807) is 0 Å². The fourth-order valence-corrected chi connectivity index (χ4v) is 1.46. The van der Waals surface area contributed by atoms with Crippen molar-refractivity contribution in [2.24, 2.45) is 5.92 Å². The highest BCUT2D eigenvalue weighted by Crippen LogP contribution is 2.32. The molecular weight excluding hydrogens is 154 g/mol. The van der Waals surface area contributed by atoms with Gasteiger partial charge in [0.25, 0.3) is 5.91 Å². The van der Waals surface area contributed by atoms with E-state index in [-0.39, 0.29) is 5.91 Å². The molecule has 0 bridgehead atoms. The Balaban J connectivity index is 1.74. The van der Waals surface area contributed by atoms with Crippen molar-refractivity contribution in [2.75, 3.05) is 6.54 Å². The second-order valence-electron chi connectivity index (χ2n) is 4.04. The number of nitrogens with one attached hydrogen (secondary N) is 1. The fourth-order valence-electron chi connectivity index (χ4n) is 1.46. The first-order valence-electron chi connectivity index (χ1n) is 4.71. The molecule has 0 aliphatic heterocycles. The summed E-state index contributed by atoms with van der Waals surface area (Å²) in [7, 11) is 0. The molecule has 2 saturated carbocycles. The van der Waals surface area contributed by atoms with Crippen molar-refractivity contribution >= 4 is 5.91 Å². The molecule has 0 radical (unpaired) electrons. The minimum absolute atomic E-state index is 0.152. The molecule has 2 fully saturated rings. The quantitative estimate of drug-likeness (QED) is 0.643. The van der Waals surface area contributed by atoms with Gasteiger partial charge in [0.2, 0.25) is 0 Å². The molecular formula is C9H15NO2. The minimum atomic E-state index is -1.01. The number of aliphatic hydroxyl groups is 1. The summed E-state index contributed by atoms with van der Waals surface area (Å²) < 4.78 is 0. The summed E-state index contributed by atoms with van der Waals surface area (Å²) in [4.78, 5) is 11.3. The van der Waals surface area contributed by atoms with Crippen LogP contribution in [0, 0.1) is 5.92 Å². The van der Waals surface area contributed by atoms with Gasteiger partial charge in [-0.25, -0.2) is 0 Å². The van der Waals surface area contributed by atoms with Crippen LogP contribution in [-0.2, 0) is 4.79 Å². The summed E-state index contributed by atoms with van der Waals surface area (Å²) in [6.07, 6.45) is 4.73. The van der Waals surface area contributed by atoms with Crippen molar-refractivity contribution in [3.05, 3.63) is 0 Å². The number of rotatable bonds is 3. The molecule has 0 aromatic rings. The number of carbonyl (C=O) groups is 1. The van der Waals surface area contributed by atoms with Crippen LogP contribution in [0.5, 0.6) is 0 Å². The van der Waals surface area contributed by atoms with E-state index < -0.39 is 5.60 Å². The largest absolute Gasteiger partial charge is 0.380 e. The number of hydrogen-bond acceptors (Lipinski definition) is 2. The highest BCUT2D eigenvalue weighted by atomic mass is 16.3. The van der Waals surface area contributed by atoms with E-state index in [2.05, 4.69) is 5.32 Å². The van der Waals surface area contributed by atoms with Crippen molar-refractivity contribution < 1.29 is 9.90 Å². The Labute approximate surface area is 72.2 Å². The van der Waals surface area contributed by atoms with Crippen molar-refractivity contribution in [1.82, 2.24) is 5.32 Å². The maximum Gasteiger partial charge on any atom is 0.251 e. The van der Waals surface area contributed by atoms with Crippen LogP contribution in [0.2, 0.25) is 0 Å². The van der Waals surface area contributed by atoms with Crippen LogP contribution >= 0.6 is 0 Å². The molecule has 0 unspecified atom stereocenters. The van der Waals surface area contributed by atoms with Crippen molar-refractivity contribution in [2.45, 2.75) is 37.7 Å². The molecule has 12 heavy (non-hydrogen) atoms. The van der Waals surface area contributed by atoms with Gasteiger partial charge in [-0.2, -0.15) is 0 Å². The molecule has 2 aliphatic rings. The Hall–Kier alpha value is -0.570. The summed E-state index contributed by atoms with van der Waals surface area (Å²) in [6.45, 7) is 0.765. The average Bonchev–Trinajstić information content (AvgIpc) is 2.78. The van der Waals surface area contributed by atoms with Gasteiger partial charge in [-0.1, -0.05) is 0 Å². The number of hydrogen-bond donors (Lipinski definition) is 2. The Bertz CT molecular complexity index is 195. The molecule has 0 heterocycles. The third kappa shape index (κ3) is 1.46. The monoisotopic (exact) mass is 169 g/mol. The van der Waals surface area contributed by atoms with E-state index in [9.17, 15) is 9.90 Å². The molecule has 0 aromatic carbocycles. The Morgan fingerprint density at radius 1 is 1.50 bits per heavy atom. The standard InChI is InChI=1S/C9H15NO2/c11-8(9(12)4-1-5-9)10-6-7-2-3-7/h7,12H,1-6H2,(H,10,11). The van der Waals surface area contributed by atoms with E-state index in [1.807, 2.05) is 0 Å². The first kappa shape index (κ1) is 8.05. The summed E-state index contributed by atoms with van der Waals surface area (Å²) in [5.74, 6) is 0.540. The predicted octanol–water partition coefficient (Wildman–Crippen LogP) is 0.428. The maximum atomic E-state index is 11.3. The van der Waals surface area contributed by atoms with Crippen LogP contribution in [0.4, 0.5) is 0 Å². The summed E-state index contributed by atoms with van der Waals surface area (Å²) in [5, 5.41) is 12.4. The Morgan fingerprint density at radius 2 is 2.17 bits per heavy atom. The topological polar surface area (TPSA) is 49.3 Å². The SMILES string of the molecule is O=C(NCC1CC1)C1(O)CCC1. The van der Waals surface area contributed by atoms with Gasteiger partial charge in [-0.3, -0.25) is 4.79 Å². The number of carbonyl (C=O) groups excluding carboxylic acids is 1. The molecule has 68 valence electrons.